The van der Waals surface area contributed by atoms with Gasteiger partial charge in [-0.25, -0.2) is 4.98 Å². The predicted octanol–water partition coefficient (Wildman–Crippen LogP) is 3.58. The molecule has 3 nitrogen and oxygen atoms in total. The highest BCUT2D eigenvalue weighted by atomic mass is 32.1. The fourth-order valence-electron chi connectivity index (χ4n) is 2.13. The smallest absolute Gasteiger partial charge is 0.0897 e. The van der Waals surface area contributed by atoms with E-state index in [9.17, 15) is 0 Å². The van der Waals surface area contributed by atoms with Crippen molar-refractivity contribution < 1.29 is 0 Å². The van der Waals surface area contributed by atoms with Crippen LogP contribution in [0.3, 0.4) is 0 Å². The molecular formula is C17H25N3S. The Hall–Kier alpha value is -1.23. The first-order valence-electron chi connectivity index (χ1n) is 7.44. The lowest BCUT2D eigenvalue weighted by atomic mass is 10.1. The summed E-state index contributed by atoms with van der Waals surface area (Å²) >= 11 is 1.71. The Kier molecular flexibility index (Phi) is 5.91. The molecule has 1 aromatic carbocycles. The van der Waals surface area contributed by atoms with E-state index in [0.29, 0.717) is 6.04 Å². The third-order valence-corrected chi connectivity index (χ3v) is 4.43. The second-order valence-electron chi connectivity index (χ2n) is 5.79. The summed E-state index contributed by atoms with van der Waals surface area (Å²) in [7, 11) is 2.17. The van der Waals surface area contributed by atoms with Gasteiger partial charge >= 0.3 is 0 Å². The van der Waals surface area contributed by atoms with Crippen LogP contribution in [0.2, 0.25) is 0 Å². The summed E-state index contributed by atoms with van der Waals surface area (Å²) in [6.45, 7) is 9.21. The third-order valence-electron chi connectivity index (χ3n) is 3.61. The standard InChI is InChI=1S/C17H25N3S/c1-13(2)20(4)11-16-7-5-6-15(8-16)9-18-10-17-12-21-14(3)19-17/h5-8,12-13,18H,9-11H2,1-4H3. The predicted molar refractivity (Wildman–Crippen MR) is 90.4 cm³/mol. The van der Waals surface area contributed by atoms with Crippen LogP contribution in [0.15, 0.2) is 29.6 Å². The molecule has 0 atom stereocenters. The van der Waals surface area contributed by atoms with E-state index in [1.807, 2.05) is 6.92 Å². The molecule has 0 saturated heterocycles. The molecule has 0 bridgehead atoms. The lowest BCUT2D eigenvalue weighted by Crippen LogP contribution is -2.25. The highest BCUT2D eigenvalue weighted by Crippen LogP contribution is 2.10. The highest BCUT2D eigenvalue weighted by molar-refractivity contribution is 7.09. The van der Waals surface area contributed by atoms with Crippen LogP contribution in [0.5, 0.6) is 0 Å². The van der Waals surface area contributed by atoms with E-state index < -0.39 is 0 Å². The molecule has 0 unspecified atom stereocenters. The van der Waals surface area contributed by atoms with Crippen molar-refractivity contribution in [3.63, 3.8) is 0 Å². The molecule has 21 heavy (non-hydrogen) atoms. The molecule has 4 heteroatoms. The normalized spacial score (nSPS) is 11.5. The Bertz CT molecular complexity index is 563. The molecule has 0 aliphatic carbocycles. The van der Waals surface area contributed by atoms with Crippen molar-refractivity contribution in [2.24, 2.45) is 0 Å². The Labute approximate surface area is 132 Å². The van der Waals surface area contributed by atoms with Gasteiger partial charge in [-0.15, -0.1) is 11.3 Å². The van der Waals surface area contributed by atoms with Crippen LogP contribution < -0.4 is 5.32 Å². The van der Waals surface area contributed by atoms with Gasteiger partial charge in [0.05, 0.1) is 10.7 Å². The highest BCUT2D eigenvalue weighted by Gasteiger charge is 2.05. The molecule has 0 aliphatic rings. The topological polar surface area (TPSA) is 28.2 Å². The van der Waals surface area contributed by atoms with Gasteiger partial charge < -0.3 is 5.32 Å². The number of aromatic nitrogens is 1. The van der Waals surface area contributed by atoms with Crippen LogP contribution in [0.25, 0.3) is 0 Å². The van der Waals surface area contributed by atoms with Crippen molar-refractivity contribution in [2.45, 2.75) is 46.4 Å². The number of hydrogen-bond donors (Lipinski definition) is 1. The molecule has 0 aliphatic heterocycles. The first-order valence-corrected chi connectivity index (χ1v) is 8.32. The van der Waals surface area contributed by atoms with Crippen molar-refractivity contribution in [2.75, 3.05) is 7.05 Å². The fourth-order valence-corrected chi connectivity index (χ4v) is 2.75. The minimum atomic E-state index is 0.569. The number of aryl methyl sites for hydroxylation is 1. The first kappa shape index (κ1) is 16.1. The van der Waals surface area contributed by atoms with E-state index in [4.69, 9.17) is 0 Å². The van der Waals surface area contributed by atoms with Crippen molar-refractivity contribution in [1.29, 1.82) is 0 Å². The average Bonchev–Trinajstić information content (AvgIpc) is 2.85. The number of nitrogens with one attached hydrogen (secondary N) is 1. The summed E-state index contributed by atoms with van der Waals surface area (Å²) in [5, 5.41) is 6.72. The van der Waals surface area contributed by atoms with Gasteiger partial charge in [-0.3, -0.25) is 4.90 Å². The Morgan fingerprint density at radius 3 is 2.67 bits per heavy atom. The molecule has 0 fully saturated rings. The molecule has 2 rings (SSSR count). The maximum atomic E-state index is 4.47. The van der Waals surface area contributed by atoms with Crippen LogP contribution in [-0.4, -0.2) is 23.0 Å². The lowest BCUT2D eigenvalue weighted by molar-refractivity contribution is 0.266. The van der Waals surface area contributed by atoms with Crippen molar-refractivity contribution in [1.82, 2.24) is 15.2 Å². The van der Waals surface area contributed by atoms with Crippen molar-refractivity contribution in [3.05, 3.63) is 51.5 Å². The molecule has 1 aromatic heterocycles. The number of nitrogens with zero attached hydrogens (tertiary/aromatic N) is 2. The molecule has 2 aromatic rings. The SMILES string of the molecule is Cc1nc(CNCc2cccc(CN(C)C(C)C)c2)cs1. The zero-order chi connectivity index (χ0) is 15.2. The van der Waals surface area contributed by atoms with E-state index >= 15 is 0 Å². The lowest BCUT2D eigenvalue weighted by Gasteiger charge is -2.21. The van der Waals surface area contributed by atoms with E-state index in [0.717, 1.165) is 30.3 Å². The molecule has 0 saturated carbocycles. The molecule has 0 amide bonds. The third kappa shape index (κ3) is 5.23. The van der Waals surface area contributed by atoms with Gasteiger partial charge in [-0.05, 0) is 38.9 Å². The number of rotatable bonds is 7. The van der Waals surface area contributed by atoms with Gasteiger partial charge in [0.1, 0.15) is 0 Å². The summed E-state index contributed by atoms with van der Waals surface area (Å²) in [5.74, 6) is 0. The molecular weight excluding hydrogens is 278 g/mol. The zero-order valence-corrected chi connectivity index (χ0v) is 14.2. The van der Waals surface area contributed by atoms with Gasteiger partial charge in [0.15, 0.2) is 0 Å². The van der Waals surface area contributed by atoms with Gasteiger partial charge in [0.25, 0.3) is 0 Å². The van der Waals surface area contributed by atoms with E-state index in [1.54, 1.807) is 11.3 Å². The largest absolute Gasteiger partial charge is 0.307 e. The summed E-state index contributed by atoms with van der Waals surface area (Å²) in [6.07, 6.45) is 0. The summed E-state index contributed by atoms with van der Waals surface area (Å²) < 4.78 is 0. The number of hydrogen-bond acceptors (Lipinski definition) is 4. The van der Waals surface area contributed by atoms with Gasteiger partial charge in [0.2, 0.25) is 0 Å². The average molecular weight is 303 g/mol. The van der Waals surface area contributed by atoms with E-state index in [-0.39, 0.29) is 0 Å². The molecule has 1 heterocycles. The number of thiazole rings is 1. The minimum Gasteiger partial charge on any atom is -0.307 e. The van der Waals surface area contributed by atoms with E-state index in [1.165, 1.54) is 11.1 Å². The van der Waals surface area contributed by atoms with Gasteiger partial charge in [0, 0.05) is 31.1 Å². The number of benzene rings is 1. The van der Waals surface area contributed by atoms with Gasteiger partial charge in [-0.1, -0.05) is 24.3 Å². The Morgan fingerprint density at radius 1 is 1.24 bits per heavy atom. The Balaban J connectivity index is 1.86. The van der Waals surface area contributed by atoms with Crippen LogP contribution >= 0.6 is 11.3 Å². The Morgan fingerprint density at radius 2 is 2.00 bits per heavy atom. The maximum absolute atomic E-state index is 4.47. The quantitative estimate of drug-likeness (QED) is 0.847. The fraction of sp³-hybridized carbons (Fsp3) is 0.471. The molecule has 114 valence electrons. The zero-order valence-electron chi connectivity index (χ0n) is 13.4. The summed E-state index contributed by atoms with van der Waals surface area (Å²) in [4.78, 5) is 6.82. The maximum Gasteiger partial charge on any atom is 0.0897 e. The minimum absolute atomic E-state index is 0.569. The van der Waals surface area contributed by atoms with Crippen LogP contribution in [0.1, 0.15) is 35.7 Å². The molecule has 0 spiro atoms. The monoisotopic (exact) mass is 303 g/mol. The second-order valence-corrected chi connectivity index (χ2v) is 6.85. The summed E-state index contributed by atoms with van der Waals surface area (Å²) in [6, 6.07) is 9.38. The molecule has 1 N–H and O–H groups in total. The summed E-state index contributed by atoms with van der Waals surface area (Å²) in [5.41, 5.74) is 3.83. The van der Waals surface area contributed by atoms with E-state index in [2.05, 4.69) is 65.7 Å². The van der Waals surface area contributed by atoms with Crippen molar-refractivity contribution in [3.8, 4) is 0 Å². The van der Waals surface area contributed by atoms with Crippen LogP contribution in [0, 0.1) is 6.92 Å². The van der Waals surface area contributed by atoms with Crippen molar-refractivity contribution >= 4 is 11.3 Å². The second kappa shape index (κ2) is 7.69. The van der Waals surface area contributed by atoms with Gasteiger partial charge in [-0.2, -0.15) is 0 Å². The molecule has 0 radical (unpaired) electrons. The first-order chi connectivity index (χ1) is 10.0. The van der Waals surface area contributed by atoms with Crippen LogP contribution in [0.4, 0.5) is 0 Å². The van der Waals surface area contributed by atoms with Crippen LogP contribution in [-0.2, 0) is 19.6 Å².